The van der Waals surface area contributed by atoms with E-state index in [2.05, 4.69) is 4.98 Å². The van der Waals surface area contributed by atoms with Crippen LogP contribution in [-0.4, -0.2) is 17.2 Å². The van der Waals surface area contributed by atoms with Crippen LogP contribution in [0.1, 0.15) is 5.56 Å². The third kappa shape index (κ3) is 2.04. The number of benzene rings is 1. The second-order valence-electron chi connectivity index (χ2n) is 3.42. The van der Waals surface area contributed by atoms with E-state index < -0.39 is 0 Å². The van der Waals surface area contributed by atoms with Gasteiger partial charge in [-0.3, -0.25) is 0 Å². The predicted octanol–water partition coefficient (Wildman–Crippen LogP) is 2.25. The summed E-state index contributed by atoms with van der Waals surface area (Å²) in [7, 11) is 1.55. The quantitative estimate of drug-likeness (QED) is 0.853. The van der Waals surface area contributed by atoms with Gasteiger partial charge in [-0.25, -0.2) is 4.98 Å². The van der Waals surface area contributed by atoms with Crippen LogP contribution in [0.5, 0.6) is 5.88 Å². The highest BCUT2D eigenvalue weighted by Crippen LogP contribution is 2.23. The zero-order valence-electron chi connectivity index (χ0n) is 9.05. The van der Waals surface area contributed by atoms with E-state index in [-0.39, 0.29) is 6.61 Å². The van der Waals surface area contributed by atoms with E-state index in [1.807, 2.05) is 36.4 Å². The van der Waals surface area contributed by atoms with E-state index in [0.29, 0.717) is 11.4 Å². The average molecular weight is 215 g/mol. The van der Waals surface area contributed by atoms with Gasteiger partial charge in [0, 0.05) is 17.3 Å². The molecule has 0 radical (unpaired) electrons. The van der Waals surface area contributed by atoms with Gasteiger partial charge in [-0.1, -0.05) is 30.3 Å². The lowest BCUT2D eigenvalue weighted by atomic mass is 10.1. The molecule has 0 fully saturated rings. The Bertz CT molecular complexity index is 469. The normalized spacial score (nSPS) is 10.1. The summed E-state index contributed by atoms with van der Waals surface area (Å²) in [6.07, 6.45) is 1.74. The van der Waals surface area contributed by atoms with Crippen LogP contribution in [0.15, 0.2) is 42.6 Å². The van der Waals surface area contributed by atoms with Crippen molar-refractivity contribution in [1.29, 1.82) is 0 Å². The van der Waals surface area contributed by atoms with Gasteiger partial charge in [0.1, 0.15) is 0 Å². The first kappa shape index (κ1) is 10.6. The van der Waals surface area contributed by atoms with E-state index in [4.69, 9.17) is 4.74 Å². The van der Waals surface area contributed by atoms with Crippen molar-refractivity contribution in [3.05, 3.63) is 48.2 Å². The number of aliphatic hydroxyl groups is 1. The first-order chi connectivity index (χ1) is 7.85. The zero-order chi connectivity index (χ0) is 11.4. The van der Waals surface area contributed by atoms with E-state index in [9.17, 15) is 5.11 Å². The number of hydrogen-bond donors (Lipinski definition) is 1. The lowest BCUT2D eigenvalue weighted by Crippen LogP contribution is -1.95. The second kappa shape index (κ2) is 4.77. The van der Waals surface area contributed by atoms with Crippen molar-refractivity contribution in [1.82, 2.24) is 4.98 Å². The number of methoxy groups -OCH3 is 1. The Kier molecular flexibility index (Phi) is 3.17. The second-order valence-corrected chi connectivity index (χ2v) is 3.42. The standard InChI is InChI=1S/C13H13NO2/c1-16-13-12(9-15)7-11(8-14-13)10-5-3-2-4-6-10/h2-8,15H,9H2,1H3. The number of aliphatic hydroxyl groups excluding tert-OH is 1. The van der Waals surface area contributed by atoms with Crippen molar-refractivity contribution >= 4 is 0 Å². The van der Waals surface area contributed by atoms with E-state index in [1.165, 1.54) is 0 Å². The molecule has 0 saturated carbocycles. The Labute approximate surface area is 94.3 Å². The molecule has 1 aromatic heterocycles. The molecule has 1 aromatic carbocycles. The van der Waals surface area contributed by atoms with E-state index >= 15 is 0 Å². The number of rotatable bonds is 3. The minimum atomic E-state index is -0.0726. The Morgan fingerprint density at radius 2 is 1.94 bits per heavy atom. The molecule has 0 spiro atoms. The molecule has 16 heavy (non-hydrogen) atoms. The first-order valence-electron chi connectivity index (χ1n) is 5.04. The summed E-state index contributed by atoms with van der Waals surface area (Å²) >= 11 is 0. The van der Waals surface area contributed by atoms with Crippen molar-refractivity contribution < 1.29 is 9.84 Å². The van der Waals surface area contributed by atoms with Crippen LogP contribution in [0.3, 0.4) is 0 Å². The Morgan fingerprint density at radius 3 is 2.56 bits per heavy atom. The molecule has 1 N–H and O–H groups in total. The third-order valence-electron chi connectivity index (χ3n) is 2.40. The van der Waals surface area contributed by atoms with Crippen molar-refractivity contribution in [2.45, 2.75) is 6.61 Å². The molecule has 3 heteroatoms. The Morgan fingerprint density at radius 1 is 1.19 bits per heavy atom. The van der Waals surface area contributed by atoms with Crippen LogP contribution >= 0.6 is 0 Å². The highest BCUT2D eigenvalue weighted by Gasteiger charge is 2.05. The lowest BCUT2D eigenvalue weighted by Gasteiger charge is -2.07. The fourth-order valence-corrected chi connectivity index (χ4v) is 1.58. The number of hydrogen-bond acceptors (Lipinski definition) is 3. The molecule has 0 atom stereocenters. The van der Waals surface area contributed by atoms with Gasteiger partial charge in [0.25, 0.3) is 0 Å². The molecule has 0 bridgehead atoms. The van der Waals surface area contributed by atoms with E-state index in [0.717, 1.165) is 11.1 Å². The van der Waals surface area contributed by atoms with Gasteiger partial charge >= 0.3 is 0 Å². The van der Waals surface area contributed by atoms with Crippen LogP contribution in [0.2, 0.25) is 0 Å². The molecule has 3 nitrogen and oxygen atoms in total. The van der Waals surface area contributed by atoms with Gasteiger partial charge in [0.2, 0.25) is 5.88 Å². The maximum absolute atomic E-state index is 9.20. The number of aromatic nitrogens is 1. The van der Waals surface area contributed by atoms with Gasteiger partial charge < -0.3 is 9.84 Å². The molecule has 1 heterocycles. The van der Waals surface area contributed by atoms with Crippen LogP contribution in [0.4, 0.5) is 0 Å². The number of nitrogens with zero attached hydrogens (tertiary/aromatic N) is 1. The molecule has 2 rings (SSSR count). The van der Waals surface area contributed by atoms with Crippen molar-refractivity contribution in [3.63, 3.8) is 0 Å². The summed E-state index contributed by atoms with van der Waals surface area (Å²) in [4.78, 5) is 4.16. The molecule has 0 amide bonds. The molecule has 0 aliphatic heterocycles. The van der Waals surface area contributed by atoms with Crippen LogP contribution in [-0.2, 0) is 6.61 Å². The summed E-state index contributed by atoms with van der Waals surface area (Å²) < 4.78 is 5.06. The topological polar surface area (TPSA) is 42.4 Å². The van der Waals surface area contributed by atoms with Gasteiger partial charge in [0.15, 0.2) is 0 Å². The van der Waals surface area contributed by atoms with Gasteiger partial charge in [-0.2, -0.15) is 0 Å². The lowest BCUT2D eigenvalue weighted by molar-refractivity contribution is 0.271. The van der Waals surface area contributed by atoms with Crippen molar-refractivity contribution in [2.75, 3.05) is 7.11 Å². The highest BCUT2D eigenvalue weighted by molar-refractivity contribution is 5.63. The fraction of sp³-hybridized carbons (Fsp3) is 0.154. The molecule has 0 aliphatic carbocycles. The molecular formula is C13H13NO2. The maximum Gasteiger partial charge on any atom is 0.218 e. The number of pyridine rings is 1. The monoisotopic (exact) mass is 215 g/mol. The molecule has 0 unspecified atom stereocenters. The Balaban J connectivity index is 2.44. The van der Waals surface area contributed by atoms with Gasteiger partial charge in [0.05, 0.1) is 13.7 Å². The first-order valence-corrected chi connectivity index (χ1v) is 5.04. The largest absolute Gasteiger partial charge is 0.481 e. The predicted molar refractivity (Wildman–Crippen MR) is 62.1 cm³/mol. The third-order valence-corrected chi connectivity index (χ3v) is 2.40. The summed E-state index contributed by atoms with van der Waals surface area (Å²) in [5.74, 6) is 0.474. The minimum absolute atomic E-state index is 0.0726. The maximum atomic E-state index is 9.20. The van der Waals surface area contributed by atoms with Gasteiger partial charge in [-0.15, -0.1) is 0 Å². The molecule has 0 aliphatic rings. The summed E-state index contributed by atoms with van der Waals surface area (Å²) in [5, 5.41) is 9.20. The van der Waals surface area contributed by atoms with Gasteiger partial charge in [-0.05, 0) is 11.6 Å². The minimum Gasteiger partial charge on any atom is -0.481 e. The van der Waals surface area contributed by atoms with Crippen LogP contribution < -0.4 is 4.74 Å². The highest BCUT2D eigenvalue weighted by atomic mass is 16.5. The van der Waals surface area contributed by atoms with Crippen LogP contribution in [0.25, 0.3) is 11.1 Å². The SMILES string of the molecule is COc1ncc(-c2ccccc2)cc1CO. The molecular weight excluding hydrogens is 202 g/mol. The molecule has 0 saturated heterocycles. The van der Waals surface area contributed by atoms with Crippen molar-refractivity contribution in [3.8, 4) is 17.0 Å². The van der Waals surface area contributed by atoms with E-state index in [1.54, 1.807) is 13.3 Å². The molecule has 2 aromatic rings. The fourth-order valence-electron chi connectivity index (χ4n) is 1.58. The summed E-state index contributed by atoms with van der Waals surface area (Å²) in [6, 6.07) is 11.8. The molecule has 82 valence electrons. The smallest absolute Gasteiger partial charge is 0.218 e. The number of ether oxygens (including phenoxy) is 1. The Hall–Kier alpha value is -1.87. The average Bonchev–Trinajstić information content (AvgIpc) is 2.39. The van der Waals surface area contributed by atoms with Crippen LogP contribution in [0, 0.1) is 0 Å². The summed E-state index contributed by atoms with van der Waals surface area (Å²) in [5.41, 5.74) is 2.75. The zero-order valence-corrected chi connectivity index (χ0v) is 9.05. The van der Waals surface area contributed by atoms with Crippen molar-refractivity contribution in [2.24, 2.45) is 0 Å². The summed E-state index contributed by atoms with van der Waals surface area (Å²) in [6.45, 7) is -0.0726.